The van der Waals surface area contributed by atoms with Crippen LogP contribution in [0.25, 0.3) is 0 Å². The Kier molecular flexibility index (Phi) is 4.25. The number of amides is 2. The fraction of sp³-hybridized carbons (Fsp3) is 0.556. The first kappa shape index (κ1) is 16.8. The van der Waals surface area contributed by atoms with Gasteiger partial charge in [0.1, 0.15) is 11.6 Å². The minimum atomic E-state index is -0.596. The molecule has 0 spiro atoms. The highest BCUT2D eigenvalue weighted by Crippen LogP contribution is 2.27. The van der Waals surface area contributed by atoms with Gasteiger partial charge in [0.2, 0.25) is 5.91 Å². The number of rotatable bonds is 1. The van der Waals surface area contributed by atoms with Crippen molar-refractivity contribution in [2.24, 2.45) is 5.73 Å². The average Bonchev–Trinajstić information content (AvgIpc) is 3.08. The number of benzene rings is 1. The first-order valence-electron chi connectivity index (χ1n) is 8.35. The number of nitrogens with two attached hydrogens (primary N) is 1. The van der Waals surface area contributed by atoms with Gasteiger partial charge in [-0.3, -0.25) is 9.69 Å². The first-order chi connectivity index (χ1) is 11.2. The average molecular weight is 331 g/mol. The van der Waals surface area contributed by atoms with Crippen LogP contribution in [0.15, 0.2) is 24.3 Å². The summed E-state index contributed by atoms with van der Waals surface area (Å²) in [7, 11) is 0. The number of carbonyl (C=O) groups excluding carboxylic acids is 2. The molecule has 3 rings (SSSR count). The van der Waals surface area contributed by atoms with E-state index in [2.05, 4.69) is 0 Å². The second kappa shape index (κ2) is 6.09. The fourth-order valence-electron chi connectivity index (χ4n) is 3.32. The zero-order valence-corrected chi connectivity index (χ0v) is 14.5. The molecule has 2 aliphatic rings. The second-order valence-corrected chi connectivity index (χ2v) is 7.61. The molecule has 0 unspecified atom stereocenters. The molecule has 1 aromatic carbocycles. The summed E-state index contributed by atoms with van der Waals surface area (Å²) in [6, 6.07) is 7.29. The topological polar surface area (TPSA) is 75.9 Å². The van der Waals surface area contributed by atoms with Crippen LogP contribution < -0.4 is 5.73 Å². The molecule has 6 heteroatoms. The second-order valence-electron chi connectivity index (χ2n) is 7.61. The van der Waals surface area contributed by atoms with Gasteiger partial charge in [0.15, 0.2) is 0 Å². The standard InChI is InChI=1S/C18H25N3O3/c1-18(2,3)24-17(23)21-11-14(19)8-15(21)16(22)20-9-12-6-4-5-7-13(12)10-20/h4-7,14-15H,8-11,19H2,1-3H3/t14-,15-/m0/s1. The van der Waals surface area contributed by atoms with Crippen molar-refractivity contribution < 1.29 is 14.3 Å². The van der Waals surface area contributed by atoms with Gasteiger partial charge in [-0.25, -0.2) is 4.79 Å². The third kappa shape index (κ3) is 3.38. The van der Waals surface area contributed by atoms with E-state index in [1.807, 2.05) is 45.0 Å². The van der Waals surface area contributed by atoms with Crippen molar-refractivity contribution in [3.63, 3.8) is 0 Å². The molecular formula is C18H25N3O3. The molecule has 130 valence electrons. The smallest absolute Gasteiger partial charge is 0.411 e. The molecule has 2 atom stereocenters. The number of carbonyl (C=O) groups is 2. The third-order valence-corrected chi connectivity index (χ3v) is 4.40. The van der Waals surface area contributed by atoms with E-state index in [-0.39, 0.29) is 11.9 Å². The largest absolute Gasteiger partial charge is 0.444 e. The molecule has 2 N–H and O–H groups in total. The number of hydrogen-bond acceptors (Lipinski definition) is 4. The van der Waals surface area contributed by atoms with Crippen LogP contribution in [-0.2, 0) is 22.6 Å². The lowest BCUT2D eigenvalue weighted by Crippen LogP contribution is -2.47. The summed E-state index contributed by atoms with van der Waals surface area (Å²) in [6.45, 7) is 6.97. The molecule has 24 heavy (non-hydrogen) atoms. The first-order valence-corrected chi connectivity index (χ1v) is 8.35. The van der Waals surface area contributed by atoms with Crippen LogP contribution in [0.3, 0.4) is 0 Å². The highest BCUT2D eigenvalue weighted by atomic mass is 16.6. The summed E-state index contributed by atoms with van der Waals surface area (Å²) in [5.74, 6) is -0.0509. The van der Waals surface area contributed by atoms with E-state index in [9.17, 15) is 9.59 Å². The Hall–Kier alpha value is -2.08. The van der Waals surface area contributed by atoms with Gasteiger partial charge >= 0.3 is 6.09 Å². The van der Waals surface area contributed by atoms with Crippen molar-refractivity contribution in [2.75, 3.05) is 6.54 Å². The van der Waals surface area contributed by atoms with Gasteiger partial charge in [-0.2, -0.15) is 0 Å². The summed E-state index contributed by atoms with van der Waals surface area (Å²) in [5.41, 5.74) is 7.75. The zero-order chi connectivity index (χ0) is 17.5. The summed E-state index contributed by atoms with van der Waals surface area (Å²) in [6.07, 6.45) is 0.00999. The van der Waals surface area contributed by atoms with Crippen LogP contribution in [0.2, 0.25) is 0 Å². The molecule has 1 fully saturated rings. The Labute approximate surface area is 142 Å². The fourth-order valence-corrected chi connectivity index (χ4v) is 3.32. The van der Waals surface area contributed by atoms with E-state index in [0.29, 0.717) is 26.1 Å². The van der Waals surface area contributed by atoms with E-state index < -0.39 is 17.7 Å². The molecule has 0 radical (unpaired) electrons. The maximum atomic E-state index is 13.0. The molecule has 1 saturated heterocycles. The SMILES string of the molecule is CC(C)(C)OC(=O)N1C[C@@H](N)C[C@H]1C(=O)N1Cc2ccccc2C1. The minimum Gasteiger partial charge on any atom is -0.444 e. The number of fused-ring (bicyclic) bond motifs is 1. The number of nitrogens with zero attached hydrogens (tertiary/aromatic N) is 2. The Morgan fingerprint density at radius 3 is 2.29 bits per heavy atom. The lowest BCUT2D eigenvalue weighted by atomic mass is 10.1. The van der Waals surface area contributed by atoms with Crippen molar-refractivity contribution in [3.05, 3.63) is 35.4 Å². The van der Waals surface area contributed by atoms with Gasteiger partial charge in [-0.05, 0) is 38.3 Å². The minimum absolute atomic E-state index is 0.0509. The molecule has 2 aliphatic heterocycles. The van der Waals surface area contributed by atoms with Gasteiger partial charge < -0.3 is 15.4 Å². The highest BCUT2D eigenvalue weighted by molar-refractivity contribution is 5.87. The predicted molar refractivity (Wildman–Crippen MR) is 90.0 cm³/mol. The Morgan fingerprint density at radius 1 is 1.17 bits per heavy atom. The lowest BCUT2D eigenvalue weighted by Gasteiger charge is -2.30. The number of ether oxygens (including phenoxy) is 1. The molecule has 2 heterocycles. The van der Waals surface area contributed by atoms with E-state index in [4.69, 9.17) is 10.5 Å². The molecule has 1 aromatic rings. The van der Waals surface area contributed by atoms with Crippen molar-refractivity contribution in [1.29, 1.82) is 0 Å². The van der Waals surface area contributed by atoms with Gasteiger partial charge in [-0.15, -0.1) is 0 Å². The van der Waals surface area contributed by atoms with E-state index in [1.165, 1.54) is 4.90 Å². The van der Waals surface area contributed by atoms with Crippen LogP contribution in [0.4, 0.5) is 4.79 Å². The quantitative estimate of drug-likeness (QED) is 0.852. The van der Waals surface area contributed by atoms with Crippen molar-refractivity contribution in [3.8, 4) is 0 Å². The molecule has 0 aromatic heterocycles. The molecule has 2 amide bonds. The Balaban J connectivity index is 1.72. The molecule has 0 bridgehead atoms. The van der Waals surface area contributed by atoms with Crippen LogP contribution >= 0.6 is 0 Å². The van der Waals surface area contributed by atoms with Crippen LogP contribution in [-0.4, -0.2) is 46.0 Å². The van der Waals surface area contributed by atoms with Crippen LogP contribution in [0, 0.1) is 0 Å². The Bertz CT molecular complexity index is 628. The van der Waals surface area contributed by atoms with Crippen molar-refractivity contribution >= 4 is 12.0 Å². The summed E-state index contributed by atoms with van der Waals surface area (Å²) >= 11 is 0. The molecule has 0 aliphatic carbocycles. The predicted octanol–water partition coefficient (Wildman–Crippen LogP) is 1.87. The number of hydrogen-bond donors (Lipinski definition) is 1. The summed E-state index contributed by atoms with van der Waals surface area (Å²) in [4.78, 5) is 28.7. The van der Waals surface area contributed by atoms with E-state index in [0.717, 1.165) is 11.1 Å². The Morgan fingerprint density at radius 2 is 1.75 bits per heavy atom. The third-order valence-electron chi connectivity index (χ3n) is 4.40. The van der Waals surface area contributed by atoms with E-state index >= 15 is 0 Å². The van der Waals surface area contributed by atoms with Crippen molar-refractivity contribution in [1.82, 2.24) is 9.80 Å². The van der Waals surface area contributed by atoms with Crippen LogP contribution in [0.5, 0.6) is 0 Å². The summed E-state index contributed by atoms with van der Waals surface area (Å²) < 4.78 is 5.44. The molecule has 0 saturated carbocycles. The van der Waals surface area contributed by atoms with Gasteiger partial charge in [0.25, 0.3) is 0 Å². The van der Waals surface area contributed by atoms with Gasteiger partial charge in [-0.1, -0.05) is 24.3 Å². The monoisotopic (exact) mass is 331 g/mol. The summed E-state index contributed by atoms with van der Waals surface area (Å²) in [5, 5.41) is 0. The van der Waals surface area contributed by atoms with Gasteiger partial charge in [0, 0.05) is 25.7 Å². The van der Waals surface area contributed by atoms with E-state index in [1.54, 1.807) is 4.90 Å². The van der Waals surface area contributed by atoms with Crippen molar-refractivity contribution in [2.45, 2.75) is 58.0 Å². The maximum Gasteiger partial charge on any atom is 0.411 e. The van der Waals surface area contributed by atoms with Gasteiger partial charge in [0.05, 0.1) is 0 Å². The molecular weight excluding hydrogens is 306 g/mol. The highest BCUT2D eigenvalue weighted by Gasteiger charge is 2.42. The maximum absolute atomic E-state index is 13.0. The van der Waals surface area contributed by atoms with Crippen LogP contribution in [0.1, 0.15) is 38.3 Å². The normalized spacial score (nSPS) is 23.3. The zero-order valence-electron chi connectivity index (χ0n) is 14.5. The number of likely N-dealkylation sites (tertiary alicyclic amines) is 1. The molecule has 6 nitrogen and oxygen atoms in total. The lowest BCUT2D eigenvalue weighted by molar-refractivity contribution is -0.136.